The number of nitrogens with two attached hydrogens (primary N) is 2. The SMILES string of the molecule is Cl.NC(N)=NC(=O)c1cccc2[nH]ccc12. The van der Waals surface area contributed by atoms with Crippen LogP contribution in [0.15, 0.2) is 35.5 Å². The number of hydrogen-bond acceptors (Lipinski definition) is 1. The maximum Gasteiger partial charge on any atom is 0.280 e. The molecule has 0 saturated heterocycles. The molecule has 0 radical (unpaired) electrons. The smallest absolute Gasteiger partial charge is 0.280 e. The van der Waals surface area contributed by atoms with Gasteiger partial charge in [-0.3, -0.25) is 4.79 Å². The van der Waals surface area contributed by atoms with Crippen LogP contribution in [-0.2, 0) is 0 Å². The molecule has 0 saturated carbocycles. The number of nitrogens with zero attached hydrogens (tertiary/aromatic N) is 1. The number of aromatic nitrogens is 1. The molecule has 5 nitrogen and oxygen atoms in total. The predicted molar refractivity (Wildman–Crippen MR) is 65.7 cm³/mol. The number of aliphatic imine (C=N–C) groups is 1. The second-order valence-corrected chi connectivity index (χ2v) is 3.09. The van der Waals surface area contributed by atoms with Crippen molar-refractivity contribution in [2.24, 2.45) is 16.5 Å². The molecule has 6 heteroatoms. The third-order valence-corrected chi connectivity index (χ3v) is 2.06. The van der Waals surface area contributed by atoms with E-state index in [4.69, 9.17) is 11.5 Å². The Kier molecular flexibility index (Phi) is 3.52. The van der Waals surface area contributed by atoms with Crippen molar-refractivity contribution in [3.05, 3.63) is 36.0 Å². The first-order valence-electron chi connectivity index (χ1n) is 4.38. The van der Waals surface area contributed by atoms with Crippen molar-refractivity contribution in [1.29, 1.82) is 0 Å². The lowest BCUT2D eigenvalue weighted by Gasteiger charge is -1.98. The summed E-state index contributed by atoms with van der Waals surface area (Å²) < 4.78 is 0. The highest BCUT2D eigenvalue weighted by molar-refractivity contribution is 6.10. The molecule has 84 valence electrons. The highest BCUT2D eigenvalue weighted by Gasteiger charge is 2.09. The minimum Gasteiger partial charge on any atom is -0.370 e. The lowest BCUT2D eigenvalue weighted by Crippen LogP contribution is -2.24. The van der Waals surface area contributed by atoms with Gasteiger partial charge in [-0.2, -0.15) is 4.99 Å². The number of carbonyl (C=O) groups is 1. The molecular weight excluding hydrogens is 228 g/mol. The summed E-state index contributed by atoms with van der Waals surface area (Å²) in [5.41, 5.74) is 11.7. The summed E-state index contributed by atoms with van der Waals surface area (Å²) in [5.74, 6) is -0.660. The van der Waals surface area contributed by atoms with Gasteiger partial charge in [0.2, 0.25) is 0 Å². The van der Waals surface area contributed by atoms with Crippen molar-refractivity contribution < 1.29 is 4.79 Å². The first-order valence-corrected chi connectivity index (χ1v) is 4.38. The second kappa shape index (κ2) is 4.67. The Bertz CT molecular complexity index is 542. The summed E-state index contributed by atoms with van der Waals surface area (Å²) in [6.07, 6.45) is 1.76. The van der Waals surface area contributed by atoms with E-state index in [1.54, 1.807) is 18.3 Å². The molecule has 1 heterocycles. The Balaban J connectivity index is 0.00000128. The van der Waals surface area contributed by atoms with Gasteiger partial charge >= 0.3 is 0 Å². The molecule has 0 aliphatic heterocycles. The molecule has 0 bridgehead atoms. The fraction of sp³-hybridized carbons (Fsp3) is 0. The van der Waals surface area contributed by atoms with Crippen LogP contribution in [0.4, 0.5) is 0 Å². The van der Waals surface area contributed by atoms with Gasteiger partial charge in [-0.1, -0.05) is 6.07 Å². The van der Waals surface area contributed by atoms with Crippen LogP contribution in [0.2, 0.25) is 0 Å². The van der Waals surface area contributed by atoms with Crippen LogP contribution in [0.25, 0.3) is 10.9 Å². The average Bonchev–Trinajstić information content (AvgIpc) is 2.63. The van der Waals surface area contributed by atoms with Crippen molar-refractivity contribution in [3.8, 4) is 0 Å². The third-order valence-electron chi connectivity index (χ3n) is 2.06. The van der Waals surface area contributed by atoms with Gasteiger partial charge in [0.25, 0.3) is 5.91 Å². The summed E-state index contributed by atoms with van der Waals surface area (Å²) >= 11 is 0. The molecule has 0 atom stereocenters. The van der Waals surface area contributed by atoms with E-state index in [2.05, 4.69) is 9.98 Å². The lowest BCUT2D eigenvalue weighted by molar-refractivity contribution is 0.100. The first-order chi connectivity index (χ1) is 7.18. The topological polar surface area (TPSA) is 97.3 Å². The maximum atomic E-state index is 11.6. The third kappa shape index (κ3) is 2.14. The maximum absolute atomic E-state index is 11.6. The van der Waals surface area contributed by atoms with E-state index in [1.165, 1.54) is 0 Å². The van der Waals surface area contributed by atoms with Crippen molar-refractivity contribution >= 4 is 35.2 Å². The van der Waals surface area contributed by atoms with Gasteiger partial charge in [0.1, 0.15) is 0 Å². The number of amides is 1. The molecule has 5 N–H and O–H groups in total. The van der Waals surface area contributed by atoms with E-state index >= 15 is 0 Å². The van der Waals surface area contributed by atoms with Gasteiger partial charge in [0, 0.05) is 17.1 Å². The highest BCUT2D eigenvalue weighted by atomic mass is 35.5. The molecule has 1 aromatic heterocycles. The van der Waals surface area contributed by atoms with Crippen LogP contribution < -0.4 is 11.5 Å². The van der Waals surface area contributed by atoms with Crippen LogP contribution in [-0.4, -0.2) is 16.9 Å². The van der Waals surface area contributed by atoms with Crippen LogP contribution in [0, 0.1) is 0 Å². The Morgan fingerprint density at radius 2 is 2.00 bits per heavy atom. The predicted octanol–water partition coefficient (Wildman–Crippen LogP) is 1.00. The fourth-order valence-electron chi connectivity index (χ4n) is 1.45. The van der Waals surface area contributed by atoms with Crippen LogP contribution in [0.1, 0.15) is 10.4 Å². The summed E-state index contributed by atoms with van der Waals surface area (Å²) in [6, 6.07) is 7.14. The summed E-state index contributed by atoms with van der Waals surface area (Å²) in [5, 5.41) is 0.813. The molecule has 0 aliphatic carbocycles. The van der Waals surface area contributed by atoms with Crippen molar-refractivity contribution in [2.75, 3.05) is 0 Å². The number of carbonyl (C=O) groups excluding carboxylic acids is 1. The van der Waals surface area contributed by atoms with Crippen molar-refractivity contribution in [3.63, 3.8) is 0 Å². The van der Waals surface area contributed by atoms with Gasteiger partial charge in [0.15, 0.2) is 5.96 Å². The Morgan fingerprint density at radius 1 is 1.25 bits per heavy atom. The lowest BCUT2D eigenvalue weighted by atomic mass is 10.1. The first kappa shape index (κ1) is 12.1. The van der Waals surface area contributed by atoms with Gasteiger partial charge < -0.3 is 16.5 Å². The summed E-state index contributed by atoms with van der Waals surface area (Å²) in [6.45, 7) is 0. The molecule has 2 rings (SSSR count). The van der Waals surface area contributed by atoms with E-state index < -0.39 is 5.91 Å². The minimum atomic E-state index is -0.430. The number of fused-ring (bicyclic) bond motifs is 1. The van der Waals surface area contributed by atoms with Crippen LogP contribution in [0.5, 0.6) is 0 Å². The molecule has 1 aromatic carbocycles. The van der Waals surface area contributed by atoms with Crippen LogP contribution >= 0.6 is 12.4 Å². The number of rotatable bonds is 1. The van der Waals surface area contributed by atoms with Gasteiger partial charge in [-0.15, -0.1) is 12.4 Å². The zero-order valence-corrected chi connectivity index (χ0v) is 9.12. The molecule has 16 heavy (non-hydrogen) atoms. The number of halogens is 1. The average molecular weight is 239 g/mol. The van der Waals surface area contributed by atoms with Crippen molar-refractivity contribution in [2.45, 2.75) is 0 Å². The standard InChI is InChI=1S/C10H10N4O.ClH/c11-10(12)14-9(15)7-2-1-3-8-6(7)4-5-13-8;/h1-5,13H,(H4,11,12,14,15);1H. The van der Waals surface area contributed by atoms with Crippen LogP contribution in [0.3, 0.4) is 0 Å². The summed E-state index contributed by atoms with van der Waals surface area (Å²) in [7, 11) is 0. The molecule has 0 aliphatic rings. The molecule has 0 fully saturated rings. The monoisotopic (exact) mass is 238 g/mol. The fourth-order valence-corrected chi connectivity index (χ4v) is 1.45. The Hall–Kier alpha value is -2.01. The normalized spacial score (nSPS) is 9.50. The van der Waals surface area contributed by atoms with E-state index in [9.17, 15) is 4.79 Å². The Labute approximate surface area is 97.9 Å². The quantitative estimate of drug-likeness (QED) is 0.511. The number of H-pyrrole nitrogens is 1. The number of guanidine groups is 1. The molecule has 2 aromatic rings. The Morgan fingerprint density at radius 3 is 2.69 bits per heavy atom. The molecule has 1 amide bonds. The molecule has 0 spiro atoms. The molecular formula is C10H11ClN4O. The second-order valence-electron chi connectivity index (χ2n) is 3.09. The van der Waals surface area contributed by atoms with Gasteiger partial charge in [-0.25, -0.2) is 0 Å². The van der Waals surface area contributed by atoms with E-state index in [0.29, 0.717) is 5.56 Å². The number of benzene rings is 1. The molecule has 0 unspecified atom stereocenters. The van der Waals surface area contributed by atoms with Gasteiger partial charge in [-0.05, 0) is 18.2 Å². The van der Waals surface area contributed by atoms with E-state index in [1.807, 2.05) is 12.1 Å². The number of hydrogen-bond donors (Lipinski definition) is 3. The summed E-state index contributed by atoms with van der Waals surface area (Å²) in [4.78, 5) is 18.1. The number of nitrogens with one attached hydrogen (secondary N) is 1. The highest BCUT2D eigenvalue weighted by Crippen LogP contribution is 2.17. The van der Waals surface area contributed by atoms with Crippen molar-refractivity contribution in [1.82, 2.24) is 4.98 Å². The van der Waals surface area contributed by atoms with E-state index in [0.717, 1.165) is 10.9 Å². The van der Waals surface area contributed by atoms with Gasteiger partial charge in [0.05, 0.1) is 5.56 Å². The van der Waals surface area contributed by atoms with E-state index in [-0.39, 0.29) is 18.4 Å². The zero-order valence-electron chi connectivity index (χ0n) is 8.31. The number of aromatic amines is 1. The zero-order chi connectivity index (χ0) is 10.8. The minimum absolute atomic E-state index is 0. The largest absolute Gasteiger partial charge is 0.370 e.